The zero-order valence-corrected chi connectivity index (χ0v) is 52.0. The van der Waals surface area contributed by atoms with Gasteiger partial charge in [-0.25, -0.2) is 0 Å². The second kappa shape index (κ2) is 22.3. The molecule has 0 aromatic rings. The fourth-order valence-corrected chi connectivity index (χ4v) is 19.8. The quantitative estimate of drug-likeness (QED) is 0.259. The van der Waals surface area contributed by atoms with Gasteiger partial charge in [-0.05, 0) is 231 Å². The molecule has 16 nitrogen and oxygen atoms in total. The highest BCUT2D eigenvalue weighted by Gasteiger charge is 2.63. The summed E-state index contributed by atoms with van der Waals surface area (Å²) in [6.45, 7) is 34.6. The number of hydrogen-bond acceptors (Lipinski definition) is 16. The van der Waals surface area contributed by atoms with Crippen molar-refractivity contribution in [3.8, 4) is 0 Å². The maximum atomic E-state index is 11.4. The van der Waals surface area contributed by atoms with Crippen molar-refractivity contribution < 1.29 is 69.2 Å². The van der Waals surface area contributed by atoms with Gasteiger partial charge in [0, 0.05) is 0 Å². The van der Waals surface area contributed by atoms with E-state index >= 15 is 0 Å². The van der Waals surface area contributed by atoms with Gasteiger partial charge in [0.15, 0.2) is 0 Å². The Morgan fingerprint density at radius 3 is 0.658 bits per heavy atom. The molecule has 4 saturated heterocycles. The lowest BCUT2D eigenvalue weighted by Crippen LogP contribution is -2.49. The lowest BCUT2D eigenvalue weighted by molar-refractivity contribution is -0.133. The molecule has 0 aromatic heterocycles. The Morgan fingerprint density at radius 2 is 0.487 bits per heavy atom. The number of hydrogen-bond donors (Lipinski definition) is 0. The third kappa shape index (κ3) is 12.8. The maximum absolute atomic E-state index is 11.4. The molecule has 0 radical (unpaired) electrons. The van der Waals surface area contributed by atoms with Gasteiger partial charge in [-0.3, -0.25) is 33.5 Å². The molecule has 0 unspecified atom stereocenters. The Morgan fingerprint density at radius 1 is 0.303 bits per heavy atom. The van der Waals surface area contributed by atoms with E-state index in [2.05, 4.69) is 111 Å². The van der Waals surface area contributed by atoms with Crippen molar-refractivity contribution in [2.75, 3.05) is 0 Å². The summed E-state index contributed by atoms with van der Waals surface area (Å²) in [6.07, 6.45) is 17.7. The van der Waals surface area contributed by atoms with Gasteiger partial charge < -0.3 is 18.9 Å². The van der Waals surface area contributed by atoms with Crippen LogP contribution in [0.2, 0.25) is 0 Å². The van der Waals surface area contributed by atoms with E-state index in [0.29, 0.717) is 23.7 Å². The molecule has 12 rings (SSSR count). The highest BCUT2D eigenvalue weighted by atomic mass is 32.2. The van der Waals surface area contributed by atoms with Crippen LogP contribution in [-0.4, -0.2) is 112 Å². The molecular formula is C56H96O16S4. The first-order valence-corrected chi connectivity index (χ1v) is 32.9. The minimum absolute atomic E-state index is 0.00634. The minimum atomic E-state index is -1.54. The van der Waals surface area contributed by atoms with Crippen LogP contribution in [0.25, 0.3) is 0 Å². The summed E-state index contributed by atoms with van der Waals surface area (Å²) in [4.78, 5) is 0. The van der Waals surface area contributed by atoms with Gasteiger partial charge in [0.25, 0.3) is 0 Å². The molecule has 0 aromatic carbocycles. The van der Waals surface area contributed by atoms with Gasteiger partial charge in [-0.15, -0.1) is 0 Å². The van der Waals surface area contributed by atoms with E-state index in [-0.39, 0.29) is 117 Å². The lowest BCUT2D eigenvalue weighted by Gasteiger charge is -2.45. The third-order valence-electron chi connectivity index (χ3n) is 19.8. The smallest absolute Gasteiger partial charge is 0.305 e. The number of fused-ring (bicyclic) bond motifs is 12. The summed E-state index contributed by atoms with van der Waals surface area (Å²) in [5, 5.41) is 0. The highest BCUT2D eigenvalue weighted by Crippen LogP contribution is 2.60. The van der Waals surface area contributed by atoms with E-state index in [0.717, 1.165) is 103 Å². The summed E-state index contributed by atoms with van der Waals surface area (Å²) in [6, 6.07) is 0. The van der Waals surface area contributed by atoms with Crippen molar-refractivity contribution in [3.63, 3.8) is 0 Å². The molecule has 8 saturated carbocycles. The van der Waals surface area contributed by atoms with Gasteiger partial charge in [0.05, 0.1) is 46.8 Å². The standard InChI is InChI=1S/4C14H24O4S/c4*1-13(2,3)16-11-6-5-9-12-10(17-19(15)18-12)7-8-14(9,11)4/h4*9-12H,5-8H2,1-4H3/t4*9-,10-,11-,12+,14-,19-/m0000/s1. The Bertz CT molecular complexity index is 1860. The summed E-state index contributed by atoms with van der Waals surface area (Å²) in [7, 11) is 0. The van der Waals surface area contributed by atoms with E-state index in [1.807, 2.05) is 0 Å². The average Bonchev–Trinajstić information content (AvgIpc) is 4.21. The van der Waals surface area contributed by atoms with Crippen molar-refractivity contribution >= 4 is 45.4 Å². The Kier molecular flexibility index (Phi) is 17.8. The molecule has 12 fully saturated rings. The van der Waals surface area contributed by atoms with E-state index in [9.17, 15) is 16.8 Å². The predicted molar refractivity (Wildman–Crippen MR) is 290 cm³/mol. The minimum Gasteiger partial charge on any atom is -0.372 e. The van der Waals surface area contributed by atoms with Gasteiger partial charge in [-0.1, -0.05) is 27.7 Å². The zero-order chi connectivity index (χ0) is 55.3. The largest absolute Gasteiger partial charge is 0.372 e. The molecule has 76 heavy (non-hydrogen) atoms. The van der Waals surface area contributed by atoms with Gasteiger partial charge in [0.1, 0.15) is 48.8 Å². The number of ether oxygens (including phenoxy) is 4. The van der Waals surface area contributed by atoms with Crippen LogP contribution in [0.15, 0.2) is 0 Å². The molecule has 0 N–H and O–H groups in total. The van der Waals surface area contributed by atoms with Crippen molar-refractivity contribution in [2.24, 2.45) is 45.3 Å². The van der Waals surface area contributed by atoms with Crippen LogP contribution in [-0.2, 0) is 97.9 Å². The molecule has 4 heterocycles. The van der Waals surface area contributed by atoms with Crippen LogP contribution in [0.4, 0.5) is 0 Å². The van der Waals surface area contributed by atoms with Crippen molar-refractivity contribution in [1.29, 1.82) is 0 Å². The van der Waals surface area contributed by atoms with Crippen LogP contribution >= 0.6 is 0 Å². The predicted octanol–water partition coefficient (Wildman–Crippen LogP) is 11.0. The lowest BCUT2D eigenvalue weighted by atomic mass is 9.66. The van der Waals surface area contributed by atoms with E-state index < -0.39 is 45.4 Å². The average molecular weight is 1150 g/mol. The van der Waals surface area contributed by atoms with Crippen molar-refractivity contribution in [3.05, 3.63) is 0 Å². The van der Waals surface area contributed by atoms with E-state index in [1.54, 1.807) is 0 Å². The SMILES string of the molecule is CC(C)(C)O[C@H]1CC[C@H]2[C@H]3O[S@@](=O)O[C@H]3CC[C@]12C.CC(C)(C)O[C@H]1CC[C@H]2[C@H]3O[S@@](=O)O[C@H]3CC[C@]12C.CC(C)(C)O[C@H]1CC[C@H]2[C@H]3O[S@@](=O)O[C@H]3CC[C@]12C.CC(C)(C)O[C@H]1CC[C@H]2[C@H]3O[S@@](=O)O[C@H]3CC[C@]12C. The molecule has 440 valence electrons. The topological polar surface area (TPSA) is 179 Å². The molecular weight excluding hydrogens is 1060 g/mol. The Labute approximate surface area is 466 Å². The monoisotopic (exact) mass is 1150 g/mol. The van der Waals surface area contributed by atoms with Gasteiger partial charge in [0.2, 0.25) is 0 Å². The van der Waals surface area contributed by atoms with Crippen molar-refractivity contribution in [1.82, 2.24) is 0 Å². The molecule has 24 atom stereocenters. The molecule has 8 aliphatic carbocycles. The Hall–Kier alpha value is 0.120. The molecule has 0 amide bonds. The van der Waals surface area contributed by atoms with Crippen LogP contribution in [0, 0.1) is 45.3 Å². The maximum Gasteiger partial charge on any atom is 0.305 e. The molecule has 20 heteroatoms. The molecule has 0 spiro atoms. The summed E-state index contributed by atoms with van der Waals surface area (Å²) in [5.41, 5.74) is 0.0620. The summed E-state index contributed by atoms with van der Waals surface area (Å²) in [5.74, 6) is 1.63. The fourth-order valence-electron chi connectivity index (χ4n) is 16.2. The van der Waals surface area contributed by atoms with E-state index in [1.165, 1.54) is 0 Å². The third-order valence-corrected chi connectivity index (χ3v) is 22.9. The molecule has 12 aliphatic rings. The van der Waals surface area contributed by atoms with Crippen LogP contribution in [0.3, 0.4) is 0 Å². The summed E-state index contributed by atoms with van der Waals surface area (Å²) < 4.78 is 114. The second-order valence-electron chi connectivity index (χ2n) is 29.4. The van der Waals surface area contributed by atoms with Gasteiger partial charge >= 0.3 is 45.4 Å². The van der Waals surface area contributed by atoms with Gasteiger partial charge in [-0.2, -0.15) is 16.8 Å². The summed E-state index contributed by atoms with van der Waals surface area (Å²) >= 11 is -6.17. The van der Waals surface area contributed by atoms with E-state index in [4.69, 9.17) is 52.4 Å². The first kappa shape index (κ1) is 60.7. The van der Waals surface area contributed by atoms with Crippen molar-refractivity contribution in [2.45, 2.75) is 309 Å². The van der Waals surface area contributed by atoms with Crippen LogP contribution in [0.5, 0.6) is 0 Å². The number of rotatable bonds is 4. The van der Waals surface area contributed by atoms with Crippen LogP contribution in [0.1, 0.15) is 214 Å². The molecule has 4 aliphatic heterocycles. The second-order valence-corrected chi connectivity index (χ2v) is 32.6. The van der Waals surface area contributed by atoms with Crippen LogP contribution < -0.4 is 0 Å². The molecule has 0 bridgehead atoms. The normalized spacial score (nSPS) is 50.0. The zero-order valence-electron chi connectivity index (χ0n) is 48.7. The first-order chi connectivity index (χ1) is 35.2. The Balaban J connectivity index is 0.000000124. The fraction of sp³-hybridized carbons (Fsp3) is 1.00. The highest BCUT2D eigenvalue weighted by molar-refractivity contribution is 7.76. The first-order valence-electron chi connectivity index (χ1n) is 28.9.